The largest absolute Gasteiger partial charge is 0.465 e. The molecule has 8 heteroatoms. The van der Waals surface area contributed by atoms with Gasteiger partial charge in [0.1, 0.15) is 34.9 Å². The topological polar surface area (TPSA) is 105 Å². The molecule has 3 aliphatic heterocycles. The summed E-state index contributed by atoms with van der Waals surface area (Å²) in [6, 6.07) is 1.66. The number of furan rings is 1. The van der Waals surface area contributed by atoms with Crippen LogP contribution in [0, 0.1) is 5.92 Å². The lowest BCUT2D eigenvalue weighted by molar-refractivity contribution is -0.151. The SMILES string of the molecule is C=C(C)[C@H]1C/C=C2\C(=O)O[C@@H](C[C@]3(C)O[C@H]3c3cc(C(=O)OC)c(o3)C1)[C@H]2OC(C)=O. The first-order valence-electron chi connectivity index (χ1n) is 10.3. The van der Waals surface area contributed by atoms with Crippen LogP contribution in [0.2, 0.25) is 0 Å². The van der Waals surface area contributed by atoms with E-state index < -0.39 is 41.8 Å². The van der Waals surface area contributed by atoms with Crippen molar-refractivity contribution < 1.29 is 37.7 Å². The minimum Gasteiger partial charge on any atom is -0.465 e. The van der Waals surface area contributed by atoms with Crippen molar-refractivity contribution in [3.63, 3.8) is 0 Å². The lowest BCUT2D eigenvalue weighted by Gasteiger charge is -2.20. The van der Waals surface area contributed by atoms with E-state index >= 15 is 0 Å². The predicted molar refractivity (Wildman–Crippen MR) is 107 cm³/mol. The third-order valence-corrected chi connectivity index (χ3v) is 6.16. The molecule has 3 aliphatic rings. The third-order valence-electron chi connectivity index (χ3n) is 6.16. The first-order chi connectivity index (χ1) is 14.6. The van der Waals surface area contributed by atoms with Gasteiger partial charge in [0.05, 0.1) is 12.7 Å². The molecule has 0 radical (unpaired) electrons. The van der Waals surface area contributed by atoms with Crippen LogP contribution in [0.4, 0.5) is 0 Å². The average molecular weight is 430 g/mol. The Bertz CT molecular complexity index is 986. The maximum absolute atomic E-state index is 12.6. The smallest absolute Gasteiger partial charge is 0.341 e. The quantitative estimate of drug-likeness (QED) is 0.312. The number of fused-ring (bicyclic) bond motifs is 6. The molecule has 5 atom stereocenters. The molecule has 1 aromatic heterocycles. The fourth-order valence-electron chi connectivity index (χ4n) is 4.36. The molecule has 1 aromatic rings. The van der Waals surface area contributed by atoms with Crippen molar-refractivity contribution in [2.24, 2.45) is 5.92 Å². The molecule has 4 bridgehead atoms. The number of methoxy groups -OCH3 is 1. The number of hydrogen-bond donors (Lipinski definition) is 0. The molecule has 0 spiro atoms. The fraction of sp³-hybridized carbons (Fsp3) is 0.522. The highest BCUT2D eigenvalue weighted by Crippen LogP contribution is 2.54. The van der Waals surface area contributed by atoms with Crippen LogP contribution in [0.5, 0.6) is 0 Å². The Labute approximate surface area is 180 Å². The number of hydrogen-bond acceptors (Lipinski definition) is 8. The Morgan fingerprint density at radius 2 is 2.03 bits per heavy atom. The van der Waals surface area contributed by atoms with Crippen molar-refractivity contribution >= 4 is 17.9 Å². The van der Waals surface area contributed by atoms with E-state index in [1.807, 2.05) is 13.8 Å². The van der Waals surface area contributed by atoms with Crippen LogP contribution < -0.4 is 0 Å². The van der Waals surface area contributed by atoms with E-state index in [0.29, 0.717) is 41.9 Å². The van der Waals surface area contributed by atoms with Crippen LogP contribution >= 0.6 is 0 Å². The van der Waals surface area contributed by atoms with E-state index in [0.717, 1.165) is 5.57 Å². The molecule has 0 amide bonds. The van der Waals surface area contributed by atoms with Crippen molar-refractivity contribution in [1.29, 1.82) is 0 Å². The highest BCUT2D eigenvalue weighted by atomic mass is 16.6. The van der Waals surface area contributed by atoms with Gasteiger partial charge in [0, 0.05) is 19.8 Å². The second-order valence-corrected chi connectivity index (χ2v) is 8.61. The number of epoxide rings is 1. The third kappa shape index (κ3) is 3.92. The van der Waals surface area contributed by atoms with Crippen LogP contribution in [0.1, 0.15) is 61.6 Å². The monoisotopic (exact) mass is 430 g/mol. The van der Waals surface area contributed by atoms with Crippen LogP contribution in [0.3, 0.4) is 0 Å². The van der Waals surface area contributed by atoms with Gasteiger partial charge in [-0.3, -0.25) is 4.79 Å². The zero-order valence-corrected chi connectivity index (χ0v) is 18.1. The highest BCUT2D eigenvalue weighted by Gasteiger charge is 2.59. The van der Waals surface area contributed by atoms with Crippen molar-refractivity contribution in [2.75, 3.05) is 7.11 Å². The molecule has 0 aliphatic carbocycles. The maximum atomic E-state index is 12.6. The van der Waals surface area contributed by atoms with Crippen LogP contribution in [0.15, 0.2) is 34.3 Å². The summed E-state index contributed by atoms with van der Waals surface area (Å²) in [5, 5.41) is 0. The minimum atomic E-state index is -0.796. The van der Waals surface area contributed by atoms with E-state index in [9.17, 15) is 14.4 Å². The Morgan fingerprint density at radius 3 is 2.68 bits per heavy atom. The second-order valence-electron chi connectivity index (χ2n) is 8.61. The lowest BCUT2D eigenvalue weighted by atomic mass is 9.89. The van der Waals surface area contributed by atoms with E-state index in [4.69, 9.17) is 23.4 Å². The van der Waals surface area contributed by atoms with Gasteiger partial charge in [-0.15, -0.1) is 0 Å². The summed E-state index contributed by atoms with van der Waals surface area (Å²) in [5.41, 5.74) is 0.849. The molecular formula is C23H26O8. The van der Waals surface area contributed by atoms with Crippen LogP contribution in [0.25, 0.3) is 0 Å². The molecule has 2 saturated heterocycles. The molecule has 31 heavy (non-hydrogen) atoms. The number of ether oxygens (including phenoxy) is 4. The summed E-state index contributed by atoms with van der Waals surface area (Å²) < 4.78 is 27.9. The zero-order chi connectivity index (χ0) is 22.5. The molecule has 8 nitrogen and oxygen atoms in total. The number of carbonyl (C=O) groups is 3. The maximum Gasteiger partial charge on any atom is 0.341 e. The molecule has 0 aromatic carbocycles. The Hall–Kier alpha value is -2.87. The van der Waals surface area contributed by atoms with Gasteiger partial charge < -0.3 is 23.4 Å². The van der Waals surface area contributed by atoms with Gasteiger partial charge in [-0.1, -0.05) is 18.2 Å². The summed E-state index contributed by atoms with van der Waals surface area (Å²) in [5.74, 6) is -0.577. The summed E-state index contributed by atoms with van der Waals surface area (Å²) >= 11 is 0. The molecule has 166 valence electrons. The Kier molecular flexibility index (Phi) is 5.29. The van der Waals surface area contributed by atoms with Crippen molar-refractivity contribution in [3.8, 4) is 0 Å². The fourth-order valence-corrected chi connectivity index (χ4v) is 4.36. The first kappa shape index (κ1) is 21.4. The predicted octanol–water partition coefficient (Wildman–Crippen LogP) is 3.21. The highest BCUT2D eigenvalue weighted by molar-refractivity contribution is 5.93. The normalized spacial score (nSPS) is 33.4. The number of rotatable bonds is 3. The van der Waals surface area contributed by atoms with Gasteiger partial charge >= 0.3 is 17.9 Å². The minimum absolute atomic E-state index is 0.119. The lowest BCUT2D eigenvalue weighted by Crippen LogP contribution is -2.31. The van der Waals surface area contributed by atoms with Crippen LogP contribution in [-0.2, 0) is 35.0 Å². The van der Waals surface area contributed by atoms with Gasteiger partial charge in [0.15, 0.2) is 6.10 Å². The number of allylic oxidation sites excluding steroid dienone is 2. The van der Waals surface area contributed by atoms with Crippen molar-refractivity contribution in [2.45, 2.75) is 63.9 Å². The molecular weight excluding hydrogens is 404 g/mol. The van der Waals surface area contributed by atoms with E-state index in [2.05, 4.69) is 6.58 Å². The van der Waals surface area contributed by atoms with Crippen LogP contribution in [-0.4, -0.2) is 42.8 Å². The van der Waals surface area contributed by atoms with Gasteiger partial charge in [-0.05, 0) is 32.3 Å². The zero-order valence-electron chi connectivity index (χ0n) is 18.1. The average Bonchev–Trinajstić information content (AvgIpc) is 3.04. The number of carbonyl (C=O) groups excluding carboxylic acids is 3. The Balaban J connectivity index is 1.77. The second kappa shape index (κ2) is 7.67. The summed E-state index contributed by atoms with van der Waals surface area (Å²) in [7, 11) is 1.32. The Morgan fingerprint density at radius 1 is 1.29 bits per heavy atom. The molecule has 2 fully saturated rings. The van der Waals surface area contributed by atoms with Gasteiger partial charge in [-0.2, -0.15) is 0 Å². The van der Waals surface area contributed by atoms with Gasteiger partial charge in [0.25, 0.3) is 0 Å². The standard InChI is InChI=1S/C23H26O8/c1-11(2)13-6-7-14-19(28-12(3)24)18(30-22(14)26)10-23(4)20(31-23)17-9-15(21(25)27-5)16(8-13)29-17/h7,9,13,18-20H,1,6,8,10H2,2-5H3/b14-7-/t13-,18-,19-,20-,23-/m0/s1. The molecule has 0 saturated carbocycles. The van der Waals surface area contributed by atoms with Gasteiger partial charge in [0.2, 0.25) is 0 Å². The van der Waals surface area contributed by atoms with E-state index in [-0.39, 0.29) is 5.92 Å². The van der Waals surface area contributed by atoms with E-state index in [1.54, 1.807) is 12.1 Å². The van der Waals surface area contributed by atoms with E-state index in [1.165, 1.54) is 14.0 Å². The van der Waals surface area contributed by atoms with Gasteiger partial charge in [-0.25, -0.2) is 9.59 Å². The summed E-state index contributed by atoms with van der Waals surface area (Å²) in [4.78, 5) is 36.6. The molecule has 0 N–H and O–H groups in total. The first-order valence-corrected chi connectivity index (χ1v) is 10.3. The van der Waals surface area contributed by atoms with Crippen molar-refractivity contribution in [1.82, 2.24) is 0 Å². The molecule has 0 unspecified atom stereocenters. The molecule has 4 rings (SSSR count). The molecule has 4 heterocycles. The number of esters is 3. The van der Waals surface area contributed by atoms with Crippen molar-refractivity contribution in [3.05, 3.63) is 47.0 Å². The summed E-state index contributed by atoms with van der Waals surface area (Å²) in [6.07, 6.45) is 1.00. The summed E-state index contributed by atoms with van der Waals surface area (Å²) in [6.45, 7) is 9.11.